The minimum absolute atomic E-state index is 0.196. The molecular formula is C16H19ClN2O. The molecule has 0 aliphatic carbocycles. The number of nitrogens with one attached hydrogen (secondary N) is 1. The third kappa shape index (κ3) is 3.42. The lowest BCUT2D eigenvalue weighted by molar-refractivity contribution is 0.414. The Hall–Kier alpha value is -1.74. The molecule has 1 N–H and O–H groups in total. The second-order valence-electron chi connectivity index (χ2n) is 4.73. The average Bonchev–Trinajstić information content (AvgIpc) is 2.48. The maximum Gasteiger partial charge on any atom is 0.152 e. The van der Waals surface area contributed by atoms with Gasteiger partial charge in [0, 0.05) is 6.20 Å². The van der Waals surface area contributed by atoms with Crippen molar-refractivity contribution in [1.29, 1.82) is 0 Å². The van der Waals surface area contributed by atoms with Crippen LogP contribution < -0.4 is 10.1 Å². The Bertz CT molecular complexity index is 569. The summed E-state index contributed by atoms with van der Waals surface area (Å²) in [5.74, 6) is 0.860. The molecule has 1 atom stereocenters. The molecule has 0 aliphatic rings. The summed E-state index contributed by atoms with van der Waals surface area (Å²) < 4.78 is 5.18. The molecule has 1 aromatic carbocycles. The Morgan fingerprint density at radius 1 is 1.30 bits per heavy atom. The molecule has 3 nitrogen and oxygen atoms in total. The zero-order chi connectivity index (χ0) is 14.5. The monoisotopic (exact) mass is 290 g/mol. The van der Waals surface area contributed by atoms with Crippen molar-refractivity contribution in [2.24, 2.45) is 0 Å². The molecular weight excluding hydrogens is 272 g/mol. The molecule has 1 aromatic heterocycles. The van der Waals surface area contributed by atoms with Gasteiger partial charge < -0.3 is 10.1 Å². The molecule has 106 valence electrons. The van der Waals surface area contributed by atoms with Gasteiger partial charge in [-0.1, -0.05) is 30.7 Å². The molecule has 0 saturated carbocycles. The summed E-state index contributed by atoms with van der Waals surface area (Å²) in [5.41, 5.74) is 3.15. The number of hydrogen-bond acceptors (Lipinski definition) is 3. The van der Waals surface area contributed by atoms with Gasteiger partial charge in [0.15, 0.2) is 5.15 Å². The number of ether oxygens (including phenoxy) is 1. The largest absolute Gasteiger partial charge is 0.497 e. The van der Waals surface area contributed by atoms with Gasteiger partial charge in [-0.2, -0.15) is 0 Å². The van der Waals surface area contributed by atoms with Crippen molar-refractivity contribution >= 4 is 17.3 Å². The SMILES string of the molecule is CCC(Nc1cc(C)cnc1Cl)c1ccc(OC)cc1. The van der Waals surface area contributed by atoms with Crippen LogP contribution in [0, 0.1) is 6.92 Å². The molecule has 2 aromatic rings. The van der Waals surface area contributed by atoms with Gasteiger partial charge in [0.25, 0.3) is 0 Å². The molecule has 20 heavy (non-hydrogen) atoms. The van der Waals surface area contributed by atoms with Gasteiger partial charge in [0.1, 0.15) is 5.75 Å². The number of aryl methyl sites for hydroxylation is 1. The van der Waals surface area contributed by atoms with Gasteiger partial charge >= 0.3 is 0 Å². The normalized spacial score (nSPS) is 12.0. The predicted molar refractivity (Wildman–Crippen MR) is 83.6 cm³/mol. The van der Waals surface area contributed by atoms with Crippen LogP contribution in [0.15, 0.2) is 36.5 Å². The lowest BCUT2D eigenvalue weighted by atomic mass is 10.0. The Morgan fingerprint density at radius 2 is 2.00 bits per heavy atom. The summed E-state index contributed by atoms with van der Waals surface area (Å²) >= 11 is 6.14. The number of nitrogens with zero attached hydrogens (tertiary/aromatic N) is 1. The van der Waals surface area contributed by atoms with Gasteiger partial charge in [-0.25, -0.2) is 4.98 Å². The molecule has 0 aliphatic heterocycles. The first-order chi connectivity index (χ1) is 9.63. The van der Waals surface area contributed by atoms with Crippen molar-refractivity contribution in [2.45, 2.75) is 26.3 Å². The van der Waals surface area contributed by atoms with Crippen molar-refractivity contribution in [3.63, 3.8) is 0 Å². The molecule has 4 heteroatoms. The van der Waals surface area contributed by atoms with Crippen LogP contribution in [0.2, 0.25) is 5.15 Å². The lowest BCUT2D eigenvalue weighted by Crippen LogP contribution is -2.10. The van der Waals surface area contributed by atoms with Gasteiger partial charge in [-0.05, 0) is 42.7 Å². The number of hydrogen-bond donors (Lipinski definition) is 1. The number of aromatic nitrogens is 1. The van der Waals surface area contributed by atoms with Crippen LogP contribution in [-0.2, 0) is 0 Å². The third-order valence-electron chi connectivity index (χ3n) is 3.23. The molecule has 1 heterocycles. The van der Waals surface area contributed by atoms with Crippen molar-refractivity contribution in [3.05, 3.63) is 52.8 Å². The highest BCUT2D eigenvalue weighted by molar-refractivity contribution is 6.31. The smallest absolute Gasteiger partial charge is 0.152 e. The average molecular weight is 291 g/mol. The summed E-state index contributed by atoms with van der Waals surface area (Å²) in [4.78, 5) is 4.17. The first-order valence-electron chi connectivity index (χ1n) is 6.66. The van der Waals surface area contributed by atoms with Crippen LogP contribution in [0.3, 0.4) is 0 Å². The van der Waals surface area contributed by atoms with Crippen LogP contribution in [0.4, 0.5) is 5.69 Å². The minimum atomic E-state index is 0.196. The Morgan fingerprint density at radius 3 is 2.60 bits per heavy atom. The van der Waals surface area contributed by atoms with Crippen LogP contribution in [-0.4, -0.2) is 12.1 Å². The van der Waals surface area contributed by atoms with Crippen molar-refractivity contribution in [1.82, 2.24) is 4.98 Å². The minimum Gasteiger partial charge on any atom is -0.497 e. The van der Waals surface area contributed by atoms with E-state index in [4.69, 9.17) is 16.3 Å². The molecule has 2 rings (SSSR count). The highest BCUT2D eigenvalue weighted by Crippen LogP contribution is 2.28. The number of pyridine rings is 1. The van der Waals surface area contributed by atoms with Gasteiger partial charge in [-0.15, -0.1) is 0 Å². The summed E-state index contributed by atoms with van der Waals surface area (Å²) in [6.45, 7) is 4.14. The highest BCUT2D eigenvalue weighted by atomic mass is 35.5. The summed E-state index contributed by atoms with van der Waals surface area (Å²) in [5, 5.41) is 3.96. The second-order valence-corrected chi connectivity index (χ2v) is 5.09. The summed E-state index contributed by atoms with van der Waals surface area (Å²) in [6, 6.07) is 10.3. The molecule has 0 spiro atoms. The van der Waals surface area contributed by atoms with E-state index in [0.717, 1.165) is 23.4 Å². The fourth-order valence-corrected chi connectivity index (χ4v) is 2.26. The first kappa shape index (κ1) is 14.7. The van der Waals surface area contributed by atoms with Crippen LogP contribution in [0.1, 0.15) is 30.5 Å². The van der Waals surface area contributed by atoms with Crippen molar-refractivity contribution < 1.29 is 4.74 Å². The van der Waals surface area contributed by atoms with E-state index in [9.17, 15) is 0 Å². The first-order valence-corrected chi connectivity index (χ1v) is 7.04. The predicted octanol–water partition coefficient (Wildman–Crippen LogP) is 4.62. The Labute approximate surface area is 124 Å². The van der Waals surface area contributed by atoms with Gasteiger partial charge in [0.2, 0.25) is 0 Å². The van der Waals surface area contributed by atoms with E-state index in [2.05, 4.69) is 29.4 Å². The molecule has 0 radical (unpaired) electrons. The summed E-state index contributed by atoms with van der Waals surface area (Å²) in [6.07, 6.45) is 2.72. The molecule has 0 amide bonds. The maximum atomic E-state index is 6.14. The number of halogens is 1. The zero-order valence-electron chi connectivity index (χ0n) is 12.0. The molecule has 0 saturated heterocycles. The van der Waals surface area contributed by atoms with E-state index >= 15 is 0 Å². The molecule has 0 fully saturated rings. The number of methoxy groups -OCH3 is 1. The topological polar surface area (TPSA) is 34.2 Å². The third-order valence-corrected chi connectivity index (χ3v) is 3.53. The van der Waals surface area contributed by atoms with E-state index in [-0.39, 0.29) is 6.04 Å². The van der Waals surface area contributed by atoms with E-state index in [0.29, 0.717) is 5.15 Å². The molecule has 0 bridgehead atoms. The Kier molecular flexibility index (Phi) is 4.85. The van der Waals surface area contributed by atoms with E-state index in [1.165, 1.54) is 5.56 Å². The lowest BCUT2D eigenvalue weighted by Gasteiger charge is -2.20. The number of rotatable bonds is 5. The number of benzene rings is 1. The molecule has 1 unspecified atom stereocenters. The second kappa shape index (κ2) is 6.62. The maximum absolute atomic E-state index is 6.14. The standard InChI is InChI=1S/C16H19ClN2O/c1-4-14(12-5-7-13(20-3)8-6-12)19-15-9-11(2)10-18-16(15)17/h5-10,14,19H,4H2,1-3H3. The van der Waals surface area contributed by atoms with Crippen LogP contribution >= 0.6 is 11.6 Å². The quantitative estimate of drug-likeness (QED) is 0.816. The number of anilines is 1. The van der Waals surface area contributed by atoms with Crippen molar-refractivity contribution in [2.75, 3.05) is 12.4 Å². The van der Waals surface area contributed by atoms with Crippen molar-refractivity contribution in [3.8, 4) is 5.75 Å². The van der Waals surface area contributed by atoms with E-state index < -0.39 is 0 Å². The summed E-state index contributed by atoms with van der Waals surface area (Å²) in [7, 11) is 1.67. The fraction of sp³-hybridized carbons (Fsp3) is 0.312. The van der Waals surface area contributed by atoms with Crippen LogP contribution in [0.25, 0.3) is 0 Å². The highest BCUT2D eigenvalue weighted by Gasteiger charge is 2.11. The van der Waals surface area contributed by atoms with E-state index in [1.54, 1.807) is 13.3 Å². The zero-order valence-corrected chi connectivity index (χ0v) is 12.7. The van der Waals surface area contributed by atoms with E-state index in [1.807, 2.05) is 25.1 Å². The van der Waals surface area contributed by atoms with Crippen LogP contribution in [0.5, 0.6) is 5.75 Å². The fourth-order valence-electron chi connectivity index (χ4n) is 2.10. The Balaban J connectivity index is 2.21. The van der Waals surface area contributed by atoms with Gasteiger partial charge in [-0.3, -0.25) is 0 Å². The van der Waals surface area contributed by atoms with Gasteiger partial charge in [0.05, 0.1) is 18.8 Å².